The zero-order valence-corrected chi connectivity index (χ0v) is 16.3. The number of benzene rings is 1. The fourth-order valence-electron chi connectivity index (χ4n) is 3.19. The van der Waals surface area contributed by atoms with E-state index in [1.54, 1.807) is 19.2 Å². The number of halogens is 3. The summed E-state index contributed by atoms with van der Waals surface area (Å²) in [6.07, 6.45) is -1.02. The van der Waals surface area contributed by atoms with Crippen molar-refractivity contribution in [2.45, 2.75) is 56.8 Å². The summed E-state index contributed by atoms with van der Waals surface area (Å²) in [6.45, 7) is 2.07. The second-order valence-corrected chi connectivity index (χ2v) is 8.39. The lowest BCUT2D eigenvalue weighted by Crippen LogP contribution is -2.46. The van der Waals surface area contributed by atoms with Crippen LogP contribution in [0.3, 0.4) is 0 Å². The van der Waals surface area contributed by atoms with E-state index in [-0.39, 0.29) is 23.6 Å². The van der Waals surface area contributed by atoms with Gasteiger partial charge in [-0.1, -0.05) is 31.5 Å². The second-order valence-electron chi connectivity index (χ2n) is 6.38. The maximum atomic E-state index is 12.5. The molecule has 1 aromatic rings. The molecule has 1 fully saturated rings. The third-order valence-corrected chi connectivity index (χ3v) is 6.23. The second kappa shape index (κ2) is 9.96. The fraction of sp³-hybridized carbons (Fsp3) is 0.611. The first-order valence-electron chi connectivity index (χ1n) is 9.00. The van der Waals surface area contributed by atoms with Gasteiger partial charge in [-0.25, -0.2) is 0 Å². The van der Waals surface area contributed by atoms with E-state index in [4.69, 9.17) is 0 Å². The van der Waals surface area contributed by atoms with Crippen molar-refractivity contribution in [3.8, 4) is 5.75 Å². The lowest BCUT2D eigenvalue weighted by Gasteiger charge is -2.30. The fourth-order valence-corrected chi connectivity index (χ4v) is 4.54. The predicted molar refractivity (Wildman–Crippen MR) is 101 cm³/mol. The molecule has 2 N–H and O–H groups in total. The molecule has 0 radical (unpaired) electrons. The van der Waals surface area contributed by atoms with Gasteiger partial charge in [-0.05, 0) is 25.3 Å². The van der Waals surface area contributed by atoms with Gasteiger partial charge < -0.3 is 15.4 Å². The molecule has 2 rings (SSSR count). The molecule has 1 aliphatic rings. The lowest BCUT2D eigenvalue weighted by molar-refractivity contribution is -0.274. The first kappa shape index (κ1) is 21.5. The van der Waals surface area contributed by atoms with Gasteiger partial charge in [0.2, 0.25) is 0 Å². The van der Waals surface area contributed by atoms with Gasteiger partial charge in [0.05, 0.1) is 0 Å². The normalized spacial score (nSPS) is 22.2. The maximum absolute atomic E-state index is 12.5. The molecule has 0 bridgehead atoms. The number of nitrogens with zero attached hydrogens (tertiary/aromatic N) is 1. The van der Waals surface area contributed by atoms with Gasteiger partial charge in [-0.2, -0.15) is 0 Å². The van der Waals surface area contributed by atoms with Crippen LogP contribution < -0.4 is 15.4 Å². The summed E-state index contributed by atoms with van der Waals surface area (Å²) in [7, 11) is 0.788. The quantitative estimate of drug-likeness (QED) is 0.563. The molecule has 0 amide bonds. The van der Waals surface area contributed by atoms with Crippen molar-refractivity contribution in [3.63, 3.8) is 0 Å². The highest BCUT2D eigenvalue weighted by molar-refractivity contribution is 7.85. The SMILES string of the molecule is CCS(=O)C1CCCC(NC(=NC)NCc2ccccc2OC(F)(F)F)C1. The number of aliphatic imine (C=N–C) groups is 1. The predicted octanol–water partition coefficient (Wildman–Crippen LogP) is 3.33. The number of rotatable bonds is 6. The van der Waals surface area contributed by atoms with Crippen LogP contribution in [0.15, 0.2) is 29.3 Å². The van der Waals surface area contributed by atoms with Crippen molar-refractivity contribution in [1.82, 2.24) is 10.6 Å². The Hall–Kier alpha value is -1.77. The Labute approximate surface area is 160 Å². The molecule has 3 atom stereocenters. The average molecular weight is 405 g/mol. The minimum absolute atomic E-state index is 0.142. The third kappa shape index (κ3) is 7.04. The molecule has 27 heavy (non-hydrogen) atoms. The van der Waals surface area contributed by atoms with Crippen molar-refractivity contribution in [2.75, 3.05) is 12.8 Å². The number of hydrogen-bond donors (Lipinski definition) is 2. The van der Waals surface area contributed by atoms with E-state index in [0.717, 1.165) is 25.7 Å². The number of nitrogens with one attached hydrogen (secondary N) is 2. The molecule has 1 saturated carbocycles. The zero-order valence-electron chi connectivity index (χ0n) is 15.5. The molecular formula is C18H26F3N3O2S. The van der Waals surface area contributed by atoms with E-state index >= 15 is 0 Å². The highest BCUT2D eigenvalue weighted by atomic mass is 32.2. The summed E-state index contributed by atoms with van der Waals surface area (Å²) in [5.41, 5.74) is 0.381. The molecule has 0 saturated heterocycles. The van der Waals surface area contributed by atoms with Crippen LogP contribution in [0, 0.1) is 0 Å². The summed E-state index contributed by atoms with van der Waals surface area (Å²) >= 11 is 0. The van der Waals surface area contributed by atoms with Gasteiger partial charge in [0.1, 0.15) is 5.75 Å². The van der Waals surface area contributed by atoms with Crippen molar-refractivity contribution < 1.29 is 22.1 Å². The number of guanidine groups is 1. The monoisotopic (exact) mass is 405 g/mol. The standard InChI is InChI=1S/C18H26F3N3O2S/c1-3-27(25)15-9-6-8-14(11-15)24-17(22-2)23-12-13-7-4-5-10-16(13)26-18(19,20)21/h4-5,7,10,14-15H,3,6,8-9,11-12H2,1-2H3,(H2,22,23,24). The summed E-state index contributed by atoms with van der Waals surface area (Å²) in [6, 6.07) is 6.15. The minimum Gasteiger partial charge on any atom is -0.405 e. The first-order chi connectivity index (χ1) is 12.8. The molecule has 1 aliphatic carbocycles. The van der Waals surface area contributed by atoms with E-state index < -0.39 is 17.2 Å². The molecule has 152 valence electrons. The largest absolute Gasteiger partial charge is 0.573 e. The van der Waals surface area contributed by atoms with Crippen LogP contribution in [-0.4, -0.2) is 40.6 Å². The summed E-state index contributed by atoms with van der Waals surface area (Å²) in [5, 5.41) is 6.51. The van der Waals surface area contributed by atoms with Crippen molar-refractivity contribution in [1.29, 1.82) is 0 Å². The Morgan fingerprint density at radius 2 is 2.07 bits per heavy atom. The van der Waals surface area contributed by atoms with E-state index in [1.165, 1.54) is 12.1 Å². The third-order valence-electron chi connectivity index (χ3n) is 4.49. The van der Waals surface area contributed by atoms with Crippen LogP contribution in [0.1, 0.15) is 38.2 Å². The van der Waals surface area contributed by atoms with Crippen LogP contribution >= 0.6 is 0 Å². The summed E-state index contributed by atoms with van der Waals surface area (Å²) in [4.78, 5) is 4.15. The average Bonchev–Trinajstić information content (AvgIpc) is 2.64. The van der Waals surface area contributed by atoms with Gasteiger partial charge in [0, 0.05) is 47.0 Å². The van der Waals surface area contributed by atoms with Gasteiger partial charge in [-0.15, -0.1) is 13.2 Å². The molecule has 9 heteroatoms. The smallest absolute Gasteiger partial charge is 0.405 e. The van der Waals surface area contributed by atoms with Crippen LogP contribution in [0.5, 0.6) is 5.75 Å². The van der Waals surface area contributed by atoms with Gasteiger partial charge in [0.15, 0.2) is 5.96 Å². The Balaban J connectivity index is 1.94. The Bertz CT molecular complexity index is 667. The lowest BCUT2D eigenvalue weighted by atomic mass is 9.95. The molecule has 0 aromatic heterocycles. The van der Waals surface area contributed by atoms with E-state index in [1.807, 2.05) is 6.92 Å². The van der Waals surface area contributed by atoms with E-state index in [2.05, 4.69) is 20.4 Å². The van der Waals surface area contributed by atoms with Gasteiger partial charge in [-0.3, -0.25) is 9.20 Å². The highest BCUT2D eigenvalue weighted by Crippen LogP contribution is 2.26. The Kier molecular flexibility index (Phi) is 7.94. The molecule has 0 aliphatic heterocycles. The molecule has 0 heterocycles. The maximum Gasteiger partial charge on any atom is 0.573 e. The number of alkyl halides is 3. The molecule has 3 unspecified atom stereocenters. The number of ether oxygens (including phenoxy) is 1. The van der Waals surface area contributed by atoms with Gasteiger partial charge >= 0.3 is 6.36 Å². The van der Waals surface area contributed by atoms with Crippen molar-refractivity contribution in [3.05, 3.63) is 29.8 Å². The zero-order chi connectivity index (χ0) is 19.9. The summed E-state index contributed by atoms with van der Waals surface area (Å²) in [5.74, 6) is 0.925. The molecule has 1 aromatic carbocycles. The van der Waals surface area contributed by atoms with E-state index in [0.29, 0.717) is 17.3 Å². The first-order valence-corrected chi connectivity index (χ1v) is 10.4. The highest BCUT2D eigenvalue weighted by Gasteiger charge is 2.32. The topological polar surface area (TPSA) is 62.7 Å². The Morgan fingerprint density at radius 1 is 1.33 bits per heavy atom. The summed E-state index contributed by atoms with van der Waals surface area (Å²) < 4.78 is 53.7. The molecular weight excluding hydrogens is 379 g/mol. The van der Waals surface area contributed by atoms with Crippen LogP contribution in [-0.2, 0) is 17.3 Å². The van der Waals surface area contributed by atoms with Gasteiger partial charge in [0.25, 0.3) is 0 Å². The minimum atomic E-state index is -4.73. The number of hydrogen-bond acceptors (Lipinski definition) is 3. The van der Waals surface area contributed by atoms with Crippen molar-refractivity contribution in [2.24, 2.45) is 4.99 Å². The van der Waals surface area contributed by atoms with Crippen molar-refractivity contribution >= 4 is 16.8 Å². The Morgan fingerprint density at radius 3 is 2.74 bits per heavy atom. The van der Waals surface area contributed by atoms with Crippen LogP contribution in [0.2, 0.25) is 0 Å². The van der Waals surface area contributed by atoms with Crippen LogP contribution in [0.4, 0.5) is 13.2 Å². The van der Waals surface area contributed by atoms with E-state index in [9.17, 15) is 17.4 Å². The molecule has 0 spiro atoms. The number of para-hydroxylation sites is 1. The molecule has 5 nitrogen and oxygen atoms in total. The van der Waals surface area contributed by atoms with Crippen LogP contribution in [0.25, 0.3) is 0 Å².